The Morgan fingerprint density at radius 1 is 1.27 bits per heavy atom. The number of carbonyl (C=O) groups excluding carboxylic acids is 1. The Labute approximate surface area is 148 Å². The minimum absolute atomic E-state index is 0.193. The number of benzene rings is 1. The van der Waals surface area contributed by atoms with Crippen molar-refractivity contribution in [2.24, 2.45) is 0 Å². The molecular formula is C17H17F2N5O2. The molecule has 0 aliphatic rings. The lowest BCUT2D eigenvalue weighted by molar-refractivity contribution is 0.0939. The van der Waals surface area contributed by atoms with Gasteiger partial charge in [0.25, 0.3) is 17.6 Å². The van der Waals surface area contributed by atoms with E-state index in [0.717, 1.165) is 29.6 Å². The summed E-state index contributed by atoms with van der Waals surface area (Å²) in [4.78, 5) is 15.9. The zero-order valence-electron chi connectivity index (χ0n) is 14.3. The third-order valence-electron chi connectivity index (χ3n) is 3.72. The molecule has 136 valence electrons. The van der Waals surface area contributed by atoms with Crippen molar-refractivity contribution < 1.29 is 18.1 Å². The van der Waals surface area contributed by atoms with Crippen molar-refractivity contribution in [1.82, 2.24) is 25.2 Å². The standard InChI is InChI=1S/C17H17F2N5O2/c1-10-8-11(2)24(22-10)7-3-6-20-16(25)15-21-17(26-23-15)13-9-12(18)4-5-14(13)19/h4-5,8-9H,3,6-7H2,1-2H3,(H,20,25). The Kier molecular flexibility index (Phi) is 5.06. The van der Waals surface area contributed by atoms with E-state index in [4.69, 9.17) is 4.52 Å². The Morgan fingerprint density at radius 3 is 2.81 bits per heavy atom. The lowest BCUT2D eigenvalue weighted by Crippen LogP contribution is -2.26. The molecule has 0 saturated carbocycles. The lowest BCUT2D eigenvalue weighted by atomic mass is 10.2. The van der Waals surface area contributed by atoms with Crippen molar-refractivity contribution in [2.45, 2.75) is 26.8 Å². The number of amides is 1. The smallest absolute Gasteiger partial charge is 0.292 e. The summed E-state index contributed by atoms with van der Waals surface area (Å²) in [5, 5.41) is 10.5. The fourth-order valence-corrected chi connectivity index (χ4v) is 2.50. The van der Waals surface area contributed by atoms with Gasteiger partial charge in [0, 0.05) is 18.8 Å². The van der Waals surface area contributed by atoms with Crippen molar-refractivity contribution in [3.63, 3.8) is 0 Å². The first kappa shape index (κ1) is 17.7. The lowest BCUT2D eigenvalue weighted by Gasteiger charge is -2.05. The summed E-state index contributed by atoms with van der Waals surface area (Å²) in [5.74, 6) is -2.41. The summed E-state index contributed by atoms with van der Waals surface area (Å²) in [6, 6.07) is 4.84. The maximum absolute atomic E-state index is 13.7. The van der Waals surface area contributed by atoms with Gasteiger partial charge in [0.15, 0.2) is 0 Å². The van der Waals surface area contributed by atoms with E-state index in [1.54, 1.807) is 0 Å². The van der Waals surface area contributed by atoms with Crippen LogP contribution in [0.4, 0.5) is 8.78 Å². The van der Waals surface area contributed by atoms with E-state index in [1.807, 2.05) is 24.6 Å². The topological polar surface area (TPSA) is 85.8 Å². The van der Waals surface area contributed by atoms with Crippen LogP contribution in [0.3, 0.4) is 0 Å². The zero-order chi connectivity index (χ0) is 18.7. The fourth-order valence-electron chi connectivity index (χ4n) is 2.50. The number of nitrogens with zero attached hydrogens (tertiary/aromatic N) is 4. The monoisotopic (exact) mass is 361 g/mol. The number of aromatic nitrogens is 4. The molecule has 0 saturated heterocycles. The highest BCUT2D eigenvalue weighted by Gasteiger charge is 2.18. The van der Waals surface area contributed by atoms with Crippen LogP contribution < -0.4 is 5.32 Å². The first-order chi connectivity index (χ1) is 12.4. The number of carbonyl (C=O) groups is 1. The Balaban J connectivity index is 1.56. The Hall–Kier alpha value is -3.10. The molecule has 2 heterocycles. The predicted octanol–water partition coefficient (Wildman–Crippen LogP) is 2.65. The van der Waals surface area contributed by atoms with Gasteiger partial charge in [0.1, 0.15) is 11.6 Å². The van der Waals surface area contributed by atoms with Crippen molar-refractivity contribution >= 4 is 5.91 Å². The van der Waals surface area contributed by atoms with Gasteiger partial charge in [0.05, 0.1) is 11.3 Å². The van der Waals surface area contributed by atoms with Crippen molar-refractivity contribution in [3.05, 3.63) is 53.1 Å². The van der Waals surface area contributed by atoms with Crippen LogP contribution in [0.15, 0.2) is 28.8 Å². The van der Waals surface area contributed by atoms with Gasteiger partial charge in [-0.05, 0) is 44.5 Å². The molecule has 1 N–H and O–H groups in total. The van der Waals surface area contributed by atoms with Crippen LogP contribution in [0, 0.1) is 25.5 Å². The first-order valence-electron chi connectivity index (χ1n) is 8.02. The molecule has 9 heteroatoms. The molecule has 0 atom stereocenters. The van der Waals surface area contributed by atoms with E-state index in [1.165, 1.54) is 0 Å². The third kappa shape index (κ3) is 3.93. The molecule has 0 radical (unpaired) electrons. The summed E-state index contributed by atoms with van der Waals surface area (Å²) in [7, 11) is 0. The second-order valence-electron chi connectivity index (χ2n) is 5.81. The largest absolute Gasteiger partial charge is 0.349 e. The molecule has 0 spiro atoms. The molecule has 3 aromatic rings. The van der Waals surface area contributed by atoms with E-state index < -0.39 is 17.5 Å². The molecule has 2 aromatic heterocycles. The number of hydrogen-bond donors (Lipinski definition) is 1. The van der Waals surface area contributed by atoms with Crippen molar-refractivity contribution in [2.75, 3.05) is 6.54 Å². The van der Waals surface area contributed by atoms with Gasteiger partial charge >= 0.3 is 0 Å². The van der Waals surface area contributed by atoms with Crippen LogP contribution in [-0.4, -0.2) is 32.4 Å². The molecular weight excluding hydrogens is 344 g/mol. The molecule has 3 rings (SSSR count). The SMILES string of the molecule is Cc1cc(C)n(CCCNC(=O)c2noc(-c3cc(F)ccc3F)n2)n1. The van der Waals surface area contributed by atoms with Gasteiger partial charge in [-0.15, -0.1) is 0 Å². The molecule has 1 aromatic carbocycles. The molecule has 1 amide bonds. The zero-order valence-corrected chi connectivity index (χ0v) is 14.3. The van der Waals surface area contributed by atoms with E-state index >= 15 is 0 Å². The molecule has 0 aliphatic heterocycles. The minimum Gasteiger partial charge on any atom is -0.349 e. The molecule has 0 fully saturated rings. The highest BCUT2D eigenvalue weighted by molar-refractivity contribution is 5.90. The van der Waals surface area contributed by atoms with Gasteiger partial charge in [-0.2, -0.15) is 10.1 Å². The fraction of sp³-hybridized carbons (Fsp3) is 0.294. The molecule has 0 aliphatic carbocycles. The average molecular weight is 361 g/mol. The number of halogens is 2. The second kappa shape index (κ2) is 7.42. The highest BCUT2D eigenvalue weighted by Crippen LogP contribution is 2.21. The number of aryl methyl sites for hydroxylation is 3. The second-order valence-corrected chi connectivity index (χ2v) is 5.81. The van der Waals surface area contributed by atoms with Crippen LogP contribution >= 0.6 is 0 Å². The molecule has 0 bridgehead atoms. The molecule has 7 nitrogen and oxygen atoms in total. The van der Waals surface area contributed by atoms with Crippen LogP contribution in [-0.2, 0) is 6.54 Å². The van der Waals surface area contributed by atoms with E-state index in [-0.39, 0.29) is 17.3 Å². The number of nitrogens with one attached hydrogen (secondary N) is 1. The number of rotatable bonds is 6. The van der Waals surface area contributed by atoms with Gasteiger partial charge < -0.3 is 9.84 Å². The van der Waals surface area contributed by atoms with Crippen LogP contribution in [0.5, 0.6) is 0 Å². The Morgan fingerprint density at radius 2 is 2.08 bits per heavy atom. The maximum Gasteiger partial charge on any atom is 0.292 e. The first-order valence-corrected chi connectivity index (χ1v) is 8.02. The van der Waals surface area contributed by atoms with Crippen LogP contribution in [0.25, 0.3) is 11.5 Å². The van der Waals surface area contributed by atoms with E-state index in [2.05, 4.69) is 20.6 Å². The van der Waals surface area contributed by atoms with Crippen molar-refractivity contribution in [1.29, 1.82) is 0 Å². The normalized spacial score (nSPS) is 10.9. The summed E-state index contributed by atoms with van der Waals surface area (Å²) in [6.07, 6.45) is 0.664. The van der Waals surface area contributed by atoms with Crippen molar-refractivity contribution in [3.8, 4) is 11.5 Å². The third-order valence-corrected chi connectivity index (χ3v) is 3.72. The maximum atomic E-state index is 13.7. The highest BCUT2D eigenvalue weighted by atomic mass is 19.1. The van der Waals surface area contributed by atoms with Gasteiger partial charge in [0.2, 0.25) is 0 Å². The summed E-state index contributed by atoms with van der Waals surface area (Å²) in [6.45, 7) is 4.92. The quantitative estimate of drug-likeness (QED) is 0.682. The minimum atomic E-state index is -0.716. The predicted molar refractivity (Wildman–Crippen MR) is 88.3 cm³/mol. The van der Waals surface area contributed by atoms with Crippen LogP contribution in [0.2, 0.25) is 0 Å². The summed E-state index contributed by atoms with van der Waals surface area (Å²) in [5.41, 5.74) is 1.80. The van der Waals surface area contributed by atoms with Gasteiger partial charge in [-0.3, -0.25) is 9.48 Å². The van der Waals surface area contributed by atoms with Gasteiger partial charge in [-0.25, -0.2) is 8.78 Å². The van der Waals surface area contributed by atoms with E-state index in [9.17, 15) is 13.6 Å². The van der Waals surface area contributed by atoms with Crippen LogP contribution in [0.1, 0.15) is 28.4 Å². The molecule has 26 heavy (non-hydrogen) atoms. The average Bonchev–Trinajstić information content (AvgIpc) is 3.20. The molecule has 0 unspecified atom stereocenters. The number of hydrogen-bond acceptors (Lipinski definition) is 5. The Bertz CT molecular complexity index is 935. The summed E-state index contributed by atoms with van der Waals surface area (Å²) < 4.78 is 33.7. The van der Waals surface area contributed by atoms with Gasteiger partial charge in [-0.1, -0.05) is 5.16 Å². The summed E-state index contributed by atoms with van der Waals surface area (Å²) >= 11 is 0. The van der Waals surface area contributed by atoms with E-state index in [0.29, 0.717) is 19.5 Å².